The molecule has 26 heavy (non-hydrogen) atoms. The fraction of sp³-hybridized carbons (Fsp3) is 0.286. The fourth-order valence-electron chi connectivity index (χ4n) is 2.54. The summed E-state index contributed by atoms with van der Waals surface area (Å²) >= 11 is 6.46. The molecule has 0 aromatic carbocycles. The average molecular weight is 413 g/mol. The van der Waals surface area contributed by atoms with Crippen LogP contribution >= 0.6 is 22.9 Å². The topological polar surface area (TPSA) is 127 Å². The van der Waals surface area contributed by atoms with Gasteiger partial charge in [-0.1, -0.05) is 11.6 Å². The van der Waals surface area contributed by atoms with Gasteiger partial charge in [-0.05, 0) is 13.0 Å². The van der Waals surface area contributed by atoms with Crippen molar-refractivity contribution in [3.8, 4) is 22.4 Å². The van der Waals surface area contributed by atoms with Gasteiger partial charge >= 0.3 is 0 Å². The lowest BCUT2D eigenvalue weighted by atomic mass is 10.0. The number of nitrogens with one attached hydrogen (secondary N) is 2. The molecular formula is C14H13ClN6O3S2. The number of thiophene rings is 1. The molecule has 0 bridgehead atoms. The molecule has 1 fully saturated rings. The van der Waals surface area contributed by atoms with Crippen molar-refractivity contribution in [1.82, 2.24) is 24.8 Å². The Morgan fingerprint density at radius 1 is 1.46 bits per heavy atom. The van der Waals surface area contributed by atoms with Crippen LogP contribution in [-0.2, 0) is 16.9 Å². The molecule has 12 heteroatoms. The highest BCUT2D eigenvalue weighted by Crippen LogP contribution is 2.42. The molecule has 1 aliphatic heterocycles. The standard InChI is InChI=1S/C14H13ClN6O3S2/c1-14(5-26(22)21(2)13(16)18-14)10-7(15)3-9(25-10)12-20-19-11(24-12)8-4-23-6-17-8/h3-4,6H,5H2,1-2H3,(H2,16,18)/t14-,26?/m0/s1. The van der Waals surface area contributed by atoms with Gasteiger partial charge in [-0.3, -0.25) is 5.41 Å². The first-order chi connectivity index (χ1) is 12.4. The third-order valence-electron chi connectivity index (χ3n) is 3.90. The normalized spacial score (nSPS) is 23.3. The van der Waals surface area contributed by atoms with Gasteiger partial charge in [-0.25, -0.2) is 4.98 Å². The van der Waals surface area contributed by atoms with E-state index in [9.17, 15) is 4.55 Å². The summed E-state index contributed by atoms with van der Waals surface area (Å²) in [4.78, 5) is 5.39. The lowest BCUT2D eigenvalue weighted by Crippen LogP contribution is -2.60. The summed E-state index contributed by atoms with van der Waals surface area (Å²) in [7, 11) is 1.61. The SMILES string of the molecule is CN1C(=N)N[C@](C)(c2sc(-c3nnc(-c4cocn4)o3)cc2Cl)C[S+]1[O-]. The summed E-state index contributed by atoms with van der Waals surface area (Å²) in [6.45, 7) is 1.86. The lowest BCUT2D eigenvalue weighted by molar-refractivity contribution is 0.424. The molecular weight excluding hydrogens is 400 g/mol. The summed E-state index contributed by atoms with van der Waals surface area (Å²) in [5.74, 6) is 0.911. The molecule has 4 heterocycles. The highest BCUT2D eigenvalue weighted by molar-refractivity contribution is 7.89. The second-order valence-corrected chi connectivity index (χ2v) is 8.78. The monoisotopic (exact) mass is 412 g/mol. The summed E-state index contributed by atoms with van der Waals surface area (Å²) < 4.78 is 24.2. The maximum Gasteiger partial charge on any atom is 0.269 e. The van der Waals surface area contributed by atoms with E-state index < -0.39 is 16.9 Å². The molecule has 0 radical (unpaired) electrons. The summed E-state index contributed by atoms with van der Waals surface area (Å²) in [5, 5.41) is 19.5. The van der Waals surface area contributed by atoms with Gasteiger partial charge in [0, 0.05) is 0 Å². The van der Waals surface area contributed by atoms with Crippen LogP contribution < -0.4 is 5.32 Å². The van der Waals surface area contributed by atoms with Crippen molar-refractivity contribution in [1.29, 1.82) is 5.41 Å². The van der Waals surface area contributed by atoms with Crippen LogP contribution in [0.15, 0.2) is 27.6 Å². The first-order valence-electron chi connectivity index (χ1n) is 7.38. The zero-order valence-corrected chi connectivity index (χ0v) is 16.0. The van der Waals surface area contributed by atoms with Crippen LogP contribution in [0.25, 0.3) is 22.4 Å². The molecule has 0 saturated carbocycles. The molecule has 136 valence electrons. The Bertz CT molecular complexity index is 958. The highest BCUT2D eigenvalue weighted by Gasteiger charge is 2.44. The minimum Gasteiger partial charge on any atom is -0.593 e. The van der Waals surface area contributed by atoms with Gasteiger partial charge in [0.25, 0.3) is 11.8 Å². The van der Waals surface area contributed by atoms with Crippen LogP contribution in [0.5, 0.6) is 0 Å². The van der Waals surface area contributed by atoms with E-state index >= 15 is 0 Å². The van der Waals surface area contributed by atoms with Crippen LogP contribution in [0.4, 0.5) is 0 Å². The summed E-state index contributed by atoms with van der Waals surface area (Å²) in [5.41, 5.74) is -0.289. The number of halogens is 1. The van der Waals surface area contributed by atoms with E-state index in [1.54, 1.807) is 13.1 Å². The van der Waals surface area contributed by atoms with Gasteiger partial charge in [-0.2, -0.15) is 4.31 Å². The predicted molar refractivity (Wildman–Crippen MR) is 97.1 cm³/mol. The molecule has 0 amide bonds. The van der Waals surface area contributed by atoms with E-state index in [0.29, 0.717) is 27.2 Å². The minimum atomic E-state index is -1.32. The molecule has 4 rings (SSSR count). The van der Waals surface area contributed by atoms with E-state index in [1.807, 2.05) is 6.92 Å². The van der Waals surface area contributed by atoms with Gasteiger partial charge in [0.05, 0.1) is 33.2 Å². The average Bonchev–Trinajstić information content (AvgIpc) is 3.31. The van der Waals surface area contributed by atoms with Crippen LogP contribution in [0.1, 0.15) is 11.8 Å². The van der Waals surface area contributed by atoms with Crippen LogP contribution in [0, 0.1) is 5.41 Å². The Morgan fingerprint density at radius 3 is 2.92 bits per heavy atom. The smallest absolute Gasteiger partial charge is 0.269 e. The Hall–Kier alpha value is -2.08. The van der Waals surface area contributed by atoms with Crippen molar-refractivity contribution >= 4 is 40.3 Å². The van der Waals surface area contributed by atoms with E-state index in [-0.39, 0.29) is 11.9 Å². The third-order valence-corrected chi connectivity index (χ3v) is 7.32. The molecule has 3 aromatic rings. The zero-order valence-electron chi connectivity index (χ0n) is 13.6. The summed E-state index contributed by atoms with van der Waals surface area (Å²) in [6.07, 6.45) is 2.69. The van der Waals surface area contributed by atoms with Gasteiger partial charge in [0.1, 0.15) is 11.8 Å². The van der Waals surface area contributed by atoms with E-state index in [0.717, 1.165) is 4.88 Å². The first-order valence-corrected chi connectivity index (χ1v) is 9.85. The van der Waals surface area contributed by atoms with Gasteiger partial charge in [0.15, 0.2) is 17.8 Å². The summed E-state index contributed by atoms with van der Waals surface area (Å²) in [6, 6.07) is 1.72. The maximum atomic E-state index is 12.3. The molecule has 1 aliphatic rings. The van der Waals surface area contributed by atoms with Crippen molar-refractivity contribution in [2.45, 2.75) is 12.5 Å². The largest absolute Gasteiger partial charge is 0.593 e. The second-order valence-electron chi connectivity index (χ2n) is 5.84. The van der Waals surface area contributed by atoms with Crippen LogP contribution in [0.3, 0.4) is 0 Å². The van der Waals surface area contributed by atoms with E-state index in [2.05, 4.69) is 20.5 Å². The van der Waals surface area contributed by atoms with Crippen molar-refractivity contribution in [3.63, 3.8) is 0 Å². The van der Waals surface area contributed by atoms with Crippen LogP contribution in [0.2, 0.25) is 5.02 Å². The number of hydrogen-bond donors (Lipinski definition) is 2. The van der Waals surface area contributed by atoms with Gasteiger partial charge in [-0.15, -0.1) is 21.5 Å². The van der Waals surface area contributed by atoms with E-state index in [1.165, 1.54) is 28.3 Å². The number of guanidine groups is 1. The van der Waals surface area contributed by atoms with Crippen LogP contribution in [-0.4, -0.2) is 42.8 Å². The number of rotatable bonds is 3. The number of hydrogen-bond acceptors (Lipinski definition) is 8. The Morgan fingerprint density at radius 2 is 2.23 bits per heavy atom. The zero-order chi connectivity index (χ0) is 18.5. The molecule has 1 saturated heterocycles. The van der Waals surface area contributed by atoms with Crippen molar-refractivity contribution in [3.05, 3.63) is 28.6 Å². The number of aromatic nitrogens is 3. The van der Waals surface area contributed by atoms with Gasteiger partial charge < -0.3 is 18.7 Å². The Kier molecular flexibility index (Phi) is 4.18. The Balaban J connectivity index is 1.67. The fourth-order valence-corrected chi connectivity index (χ4v) is 5.35. The molecule has 9 nitrogen and oxygen atoms in total. The lowest BCUT2D eigenvalue weighted by Gasteiger charge is -2.39. The Labute approximate surface area is 160 Å². The van der Waals surface area contributed by atoms with Gasteiger partial charge in [0.2, 0.25) is 5.96 Å². The molecule has 2 atom stereocenters. The van der Waals surface area contributed by atoms with E-state index in [4.69, 9.17) is 25.8 Å². The highest BCUT2D eigenvalue weighted by atomic mass is 35.5. The quantitative estimate of drug-likeness (QED) is 0.628. The number of oxazole rings is 1. The second kappa shape index (κ2) is 6.27. The maximum absolute atomic E-state index is 12.3. The van der Waals surface area contributed by atoms with Crippen molar-refractivity contribution in [2.75, 3.05) is 12.8 Å². The minimum absolute atomic E-state index is 0.0780. The first kappa shape index (κ1) is 17.3. The molecule has 1 unspecified atom stereocenters. The predicted octanol–water partition coefficient (Wildman–Crippen LogP) is 2.46. The van der Waals surface area contributed by atoms with Crippen molar-refractivity contribution in [2.24, 2.45) is 0 Å². The molecule has 3 aromatic heterocycles. The molecule has 0 spiro atoms. The molecule has 0 aliphatic carbocycles. The third kappa shape index (κ3) is 2.86. The van der Waals surface area contributed by atoms with Crippen molar-refractivity contribution < 1.29 is 13.4 Å². The number of nitrogens with zero attached hydrogens (tertiary/aromatic N) is 4. The molecule has 2 N–H and O–H groups in total.